The summed E-state index contributed by atoms with van der Waals surface area (Å²) >= 11 is 0. The van der Waals surface area contributed by atoms with E-state index in [2.05, 4.69) is 33.1 Å². The summed E-state index contributed by atoms with van der Waals surface area (Å²) in [4.78, 5) is 25.7. The van der Waals surface area contributed by atoms with Crippen LogP contribution in [0.15, 0.2) is 36.5 Å². The Bertz CT molecular complexity index is 724. The highest BCUT2D eigenvalue weighted by molar-refractivity contribution is 5.92. The van der Waals surface area contributed by atoms with Crippen LogP contribution in [0.4, 0.5) is 5.95 Å². The largest absolute Gasteiger partial charge is 0.341 e. The molecule has 1 aromatic carbocycles. The average molecular weight is 308 g/mol. The smallest absolute Gasteiger partial charge is 0.272 e. The zero-order chi connectivity index (χ0) is 15.6. The fourth-order valence-corrected chi connectivity index (χ4v) is 3.37. The molecule has 0 radical (unpaired) electrons. The van der Waals surface area contributed by atoms with Gasteiger partial charge in [-0.15, -0.1) is 0 Å². The number of fused-ring (bicyclic) bond motifs is 1. The maximum Gasteiger partial charge on any atom is 0.272 e. The van der Waals surface area contributed by atoms with E-state index in [-0.39, 0.29) is 5.91 Å². The standard InChI is InChI=1S/C18H20N4O/c23-17(22-12-8-14-5-1-2-6-15(14)13-22)16-7-9-19-18(20-16)21-10-3-4-11-21/h1-2,5-7,9H,3-4,8,10-13H2. The molecule has 2 aromatic rings. The third-order valence-corrected chi connectivity index (χ3v) is 4.67. The first-order chi connectivity index (χ1) is 11.3. The van der Waals surface area contributed by atoms with E-state index in [9.17, 15) is 4.79 Å². The summed E-state index contributed by atoms with van der Waals surface area (Å²) < 4.78 is 0. The van der Waals surface area contributed by atoms with Gasteiger partial charge in [-0.05, 0) is 36.5 Å². The van der Waals surface area contributed by atoms with Gasteiger partial charge in [0.15, 0.2) is 0 Å². The molecule has 3 heterocycles. The number of benzene rings is 1. The molecule has 0 N–H and O–H groups in total. The van der Waals surface area contributed by atoms with Crippen molar-refractivity contribution in [3.8, 4) is 0 Å². The van der Waals surface area contributed by atoms with E-state index < -0.39 is 0 Å². The topological polar surface area (TPSA) is 49.3 Å². The van der Waals surface area contributed by atoms with Crippen molar-refractivity contribution in [2.45, 2.75) is 25.8 Å². The van der Waals surface area contributed by atoms with Gasteiger partial charge in [-0.25, -0.2) is 9.97 Å². The van der Waals surface area contributed by atoms with Crippen molar-refractivity contribution < 1.29 is 4.79 Å². The maximum absolute atomic E-state index is 12.8. The SMILES string of the molecule is O=C(c1ccnc(N2CCCC2)n1)N1CCc2ccccc2C1. The number of nitrogens with zero attached hydrogens (tertiary/aromatic N) is 4. The second kappa shape index (κ2) is 5.99. The normalized spacial score (nSPS) is 17.2. The molecule has 1 amide bonds. The molecule has 2 aliphatic heterocycles. The first-order valence-electron chi connectivity index (χ1n) is 8.25. The molecule has 118 valence electrons. The lowest BCUT2D eigenvalue weighted by atomic mass is 10.00. The van der Waals surface area contributed by atoms with Gasteiger partial charge < -0.3 is 9.80 Å². The number of carbonyl (C=O) groups is 1. The van der Waals surface area contributed by atoms with Crippen molar-refractivity contribution in [2.24, 2.45) is 0 Å². The van der Waals surface area contributed by atoms with Gasteiger partial charge in [0, 0.05) is 32.4 Å². The number of anilines is 1. The Morgan fingerprint density at radius 3 is 2.61 bits per heavy atom. The fraction of sp³-hybridized carbons (Fsp3) is 0.389. The van der Waals surface area contributed by atoms with Crippen LogP contribution in [-0.4, -0.2) is 40.4 Å². The van der Waals surface area contributed by atoms with Gasteiger partial charge in [-0.3, -0.25) is 4.79 Å². The average Bonchev–Trinajstić information content (AvgIpc) is 3.15. The van der Waals surface area contributed by atoms with Crippen LogP contribution in [0.1, 0.15) is 34.5 Å². The zero-order valence-corrected chi connectivity index (χ0v) is 13.1. The van der Waals surface area contributed by atoms with Gasteiger partial charge in [0.1, 0.15) is 5.69 Å². The van der Waals surface area contributed by atoms with E-state index in [1.54, 1.807) is 12.3 Å². The summed E-state index contributed by atoms with van der Waals surface area (Å²) in [6.45, 7) is 3.38. The number of amides is 1. The number of hydrogen-bond acceptors (Lipinski definition) is 4. The Kier molecular flexibility index (Phi) is 3.69. The van der Waals surface area contributed by atoms with Crippen molar-refractivity contribution in [2.75, 3.05) is 24.5 Å². The van der Waals surface area contributed by atoms with Gasteiger partial charge in [0.25, 0.3) is 5.91 Å². The molecule has 2 aliphatic rings. The molecule has 5 nitrogen and oxygen atoms in total. The fourth-order valence-electron chi connectivity index (χ4n) is 3.37. The number of rotatable bonds is 2. The quantitative estimate of drug-likeness (QED) is 0.854. The molecule has 0 spiro atoms. The molecule has 0 saturated carbocycles. The van der Waals surface area contributed by atoms with E-state index in [0.29, 0.717) is 18.2 Å². The third-order valence-electron chi connectivity index (χ3n) is 4.67. The molecular formula is C18H20N4O. The lowest BCUT2D eigenvalue weighted by Gasteiger charge is -2.28. The molecule has 5 heteroatoms. The summed E-state index contributed by atoms with van der Waals surface area (Å²) in [5.41, 5.74) is 3.08. The highest BCUT2D eigenvalue weighted by Gasteiger charge is 2.23. The van der Waals surface area contributed by atoms with E-state index in [1.165, 1.54) is 24.0 Å². The molecule has 0 aliphatic carbocycles. The predicted octanol–water partition coefficient (Wildman–Crippen LogP) is 2.28. The highest BCUT2D eigenvalue weighted by atomic mass is 16.2. The minimum atomic E-state index is 0.00218. The summed E-state index contributed by atoms with van der Waals surface area (Å²) in [6.07, 6.45) is 4.95. The first kappa shape index (κ1) is 14.2. The Labute approximate surface area is 136 Å². The zero-order valence-electron chi connectivity index (χ0n) is 13.1. The van der Waals surface area contributed by atoms with Gasteiger partial charge in [0.2, 0.25) is 5.95 Å². The molecule has 1 saturated heterocycles. The first-order valence-corrected chi connectivity index (χ1v) is 8.25. The molecular weight excluding hydrogens is 288 g/mol. The Balaban J connectivity index is 1.54. The van der Waals surface area contributed by atoms with Crippen LogP contribution in [0.2, 0.25) is 0 Å². The van der Waals surface area contributed by atoms with E-state index in [0.717, 1.165) is 26.1 Å². The Morgan fingerprint density at radius 2 is 1.78 bits per heavy atom. The molecule has 1 aromatic heterocycles. The van der Waals surface area contributed by atoms with Crippen LogP contribution in [0.3, 0.4) is 0 Å². The minimum Gasteiger partial charge on any atom is -0.341 e. The summed E-state index contributed by atoms with van der Waals surface area (Å²) in [6, 6.07) is 10.1. The van der Waals surface area contributed by atoms with Gasteiger partial charge in [-0.1, -0.05) is 24.3 Å². The third kappa shape index (κ3) is 2.79. The minimum absolute atomic E-state index is 0.00218. The van der Waals surface area contributed by atoms with Crippen LogP contribution in [0.5, 0.6) is 0 Å². The van der Waals surface area contributed by atoms with Crippen molar-refractivity contribution in [1.29, 1.82) is 0 Å². The molecule has 1 fully saturated rings. The number of hydrogen-bond donors (Lipinski definition) is 0. The number of aromatic nitrogens is 2. The van der Waals surface area contributed by atoms with E-state index in [1.807, 2.05) is 11.0 Å². The lowest BCUT2D eigenvalue weighted by Crippen LogP contribution is -2.36. The number of carbonyl (C=O) groups excluding carboxylic acids is 1. The Morgan fingerprint density at radius 1 is 1.00 bits per heavy atom. The van der Waals surface area contributed by atoms with Crippen LogP contribution >= 0.6 is 0 Å². The second-order valence-electron chi connectivity index (χ2n) is 6.18. The van der Waals surface area contributed by atoms with E-state index in [4.69, 9.17) is 0 Å². The van der Waals surface area contributed by atoms with E-state index >= 15 is 0 Å². The monoisotopic (exact) mass is 308 g/mol. The van der Waals surface area contributed by atoms with Crippen LogP contribution in [0, 0.1) is 0 Å². The molecule has 23 heavy (non-hydrogen) atoms. The van der Waals surface area contributed by atoms with Gasteiger partial charge in [0.05, 0.1) is 0 Å². The van der Waals surface area contributed by atoms with Crippen LogP contribution < -0.4 is 4.90 Å². The summed E-state index contributed by atoms with van der Waals surface area (Å²) in [7, 11) is 0. The van der Waals surface area contributed by atoms with Gasteiger partial charge >= 0.3 is 0 Å². The van der Waals surface area contributed by atoms with Crippen molar-refractivity contribution >= 4 is 11.9 Å². The molecule has 0 atom stereocenters. The summed E-state index contributed by atoms with van der Waals surface area (Å²) in [5, 5.41) is 0. The molecule has 4 rings (SSSR count). The molecule has 0 bridgehead atoms. The summed E-state index contributed by atoms with van der Waals surface area (Å²) in [5.74, 6) is 0.688. The van der Waals surface area contributed by atoms with Gasteiger partial charge in [-0.2, -0.15) is 0 Å². The maximum atomic E-state index is 12.8. The van der Waals surface area contributed by atoms with Crippen molar-refractivity contribution in [3.63, 3.8) is 0 Å². The second-order valence-corrected chi connectivity index (χ2v) is 6.18. The molecule has 0 unspecified atom stereocenters. The lowest BCUT2D eigenvalue weighted by molar-refractivity contribution is 0.0728. The van der Waals surface area contributed by atoms with Crippen LogP contribution in [-0.2, 0) is 13.0 Å². The van der Waals surface area contributed by atoms with Crippen molar-refractivity contribution in [1.82, 2.24) is 14.9 Å². The highest BCUT2D eigenvalue weighted by Crippen LogP contribution is 2.21. The Hall–Kier alpha value is -2.43. The predicted molar refractivity (Wildman–Crippen MR) is 88.4 cm³/mol. The van der Waals surface area contributed by atoms with Crippen LogP contribution in [0.25, 0.3) is 0 Å². The van der Waals surface area contributed by atoms with Crippen molar-refractivity contribution in [3.05, 3.63) is 53.3 Å².